The minimum atomic E-state index is -0.135. The summed E-state index contributed by atoms with van der Waals surface area (Å²) in [5.41, 5.74) is 1.02. The molecule has 2 aromatic rings. The molecule has 0 bridgehead atoms. The van der Waals surface area contributed by atoms with Crippen molar-refractivity contribution in [2.24, 2.45) is 0 Å². The van der Waals surface area contributed by atoms with Gasteiger partial charge in [-0.25, -0.2) is 4.79 Å². The van der Waals surface area contributed by atoms with E-state index in [0.29, 0.717) is 19.7 Å². The lowest BCUT2D eigenvalue weighted by molar-refractivity contribution is 0.203. The predicted octanol–water partition coefficient (Wildman–Crippen LogP) is 2.92. The fraction of sp³-hybridized carbons (Fsp3) is 0.278. The highest BCUT2D eigenvalue weighted by Crippen LogP contribution is 2.13. The van der Waals surface area contributed by atoms with Crippen molar-refractivity contribution in [2.75, 3.05) is 27.3 Å². The van der Waals surface area contributed by atoms with Gasteiger partial charge in [0.25, 0.3) is 0 Å². The Labute approximate surface area is 136 Å². The lowest BCUT2D eigenvalue weighted by Gasteiger charge is -2.18. The Balaban J connectivity index is 1.72. The zero-order chi connectivity index (χ0) is 16.5. The zero-order valence-corrected chi connectivity index (χ0v) is 13.5. The Hall–Kier alpha value is -2.69. The van der Waals surface area contributed by atoms with Crippen molar-refractivity contribution < 1.29 is 14.3 Å². The van der Waals surface area contributed by atoms with Gasteiger partial charge in [0.1, 0.15) is 18.1 Å². The molecular weight excluding hydrogens is 292 g/mol. The van der Waals surface area contributed by atoms with E-state index in [1.54, 1.807) is 19.1 Å². The molecule has 2 aromatic carbocycles. The highest BCUT2D eigenvalue weighted by atomic mass is 16.5. The molecule has 5 nitrogen and oxygen atoms in total. The monoisotopic (exact) mass is 314 g/mol. The second-order valence-electron chi connectivity index (χ2n) is 5.10. The van der Waals surface area contributed by atoms with Gasteiger partial charge in [-0.2, -0.15) is 0 Å². The second kappa shape index (κ2) is 8.68. The maximum absolute atomic E-state index is 12.0. The fourth-order valence-corrected chi connectivity index (χ4v) is 2.10. The van der Waals surface area contributed by atoms with Crippen LogP contribution < -0.4 is 14.8 Å². The van der Waals surface area contributed by atoms with Crippen LogP contribution in [-0.2, 0) is 6.54 Å². The summed E-state index contributed by atoms with van der Waals surface area (Å²) in [7, 11) is 3.38. The SMILES string of the molecule is COc1cccc(CN(C)C(=O)NCCOc2ccccc2)c1. The minimum Gasteiger partial charge on any atom is -0.497 e. The molecule has 0 unspecified atom stereocenters. The molecule has 0 aliphatic heterocycles. The van der Waals surface area contributed by atoms with Crippen molar-refractivity contribution in [2.45, 2.75) is 6.54 Å². The number of methoxy groups -OCH3 is 1. The average molecular weight is 314 g/mol. The van der Waals surface area contributed by atoms with Crippen molar-refractivity contribution in [3.05, 3.63) is 60.2 Å². The third kappa shape index (κ3) is 5.54. The van der Waals surface area contributed by atoms with Crippen molar-refractivity contribution in [3.8, 4) is 11.5 Å². The lowest BCUT2D eigenvalue weighted by Crippen LogP contribution is -2.38. The number of urea groups is 1. The molecule has 0 heterocycles. The quantitative estimate of drug-likeness (QED) is 0.800. The van der Waals surface area contributed by atoms with Gasteiger partial charge in [-0.15, -0.1) is 0 Å². The van der Waals surface area contributed by atoms with Gasteiger partial charge in [0, 0.05) is 13.6 Å². The largest absolute Gasteiger partial charge is 0.497 e. The summed E-state index contributed by atoms with van der Waals surface area (Å²) in [5.74, 6) is 1.58. The molecule has 0 fully saturated rings. The number of carbonyl (C=O) groups is 1. The Morgan fingerprint density at radius 3 is 2.57 bits per heavy atom. The topological polar surface area (TPSA) is 50.8 Å². The molecule has 5 heteroatoms. The van der Waals surface area contributed by atoms with E-state index in [1.807, 2.05) is 54.6 Å². The van der Waals surface area contributed by atoms with Gasteiger partial charge in [0.05, 0.1) is 13.7 Å². The number of nitrogens with zero attached hydrogens (tertiary/aromatic N) is 1. The van der Waals surface area contributed by atoms with Gasteiger partial charge < -0.3 is 19.7 Å². The van der Waals surface area contributed by atoms with E-state index >= 15 is 0 Å². The number of carbonyl (C=O) groups excluding carboxylic acids is 1. The maximum Gasteiger partial charge on any atom is 0.317 e. The molecule has 0 aliphatic rings. The number of amides is 2. The van der Waals surface area contributed by atoms with E-state index in [-0.39, 0.29) is 6.03 Å². The number of para-hydroxylation sites is 1. The van der Waals surface area contributed by atoms with E-state index in [1.165, 1.54) is 0 Å². The highest BCUT2D eigenvalue weighted by molar-refractivity contribution is 5.73. The Bertz CT molecular complexity index is 617. The lowest BCUT2D eigenvalue weighted by atomic mass is 10.2. The van der Waals surface area contributed by atoms with Crippen LogP contribution in [0.4, 0.5) is 4.79 Å². The Morgan fingerprint density at radius 2 is 1.83 bits per heavy atom. The van der Waals surface area contributed by atoms with Crippen LogP contribution in [0.3, 0.4) is 0 Å². The molecule has 2 amide bonds. The number of nitrogens with one attached hydrogen (secondary N) is 1. The molecule has 0 aliphatic carbocycles. The normalized spacial score (nSPS) is 10.0. The summed E-state index contributed by atoms with van der Waals surface area (Å²) in [6, 6.07) is 17.1. The molecule has 0 spiro atoms. The van der Waals surface area contributed by atoms with Crippen LogP contribution in [0.25, 0.3) is 0 Å². The summed E-state index contributed by atoms with van der Waals surface area (Å²) in [5, 5.41) is 2.83. The van der Waals surface area contributed by atoms with Crippen LogP contribution >= 0.6 is 0 Å². The molecule has 0 saturated carbocycles. The van der Waals surface area contributed by atoms with Crippen molar-refractivity contribution >= 4 is 6.03 Å². The zero-order valence-electron chi connectivity index (χ0n) is 13.5. The van der Waals surface area contributed by atoms with E-state index in [2.05, 4.69) is 5.32 Å². The highest BCUT2D eigenvalue weighted by Gasteiger charge is 2.08. The van der Waals surface area contributed by atoms with Crippen LogP contribution in [0.2, 0.25) is 0 Å². The smallest absolute Gasteiger partial charge is 0.317 e. The Morgan fingerprint density at radius 1 is 1.09 bits per heavy atom. The molecule has 0 aromatic heterocycles. The average Bonchev–Trinajstić information content (AvgIpc) is 2.59. The van der Waals surface area contributed by atoms with Gasteiger partial charge in [-0.1, -0.05) is 30.3 Å². The summed E-state index contributed by atoms with van der Waals surface area (Å²) < 4.78 is 10.7. The van der Waals surface area contributed by atoms with Crippen molar-refractivity contribution in [1.29, 1.82) is 0 Å². The fourth-order valence-electron chi connectivity index (χ4n) is 2.10. The van der Waals surface area contributed by atoms with Gasteiger partial charge in [-0.05, 0) is 29.8 Å². The van der Waals surface area contributed by atoms with Crippen LogP contribution in [-0.4, -0.2) is 38.2 Å². The summed E-state index contributed by atoms with van der Waals surface area (Å²) in [4.78, 5) is 13.7. The van der Waals surface area contributed by atoms with Gasteiger partial charge >= 0.3 is 6.03 Å². The predicted molar refractivity (Wildman–Crippen MR) is 89.8 cm³/mol. The molecule has 23 heavy (non-hydrogen) atoms. The van der Waals surface area contributed by atoms with Gasteiger partial charge in [0.2, 0.25) is 0 Å². The van der Waals surface area contributed by atoms with E-state index in [0.717, 1.165) is 17.1 Å². The number of rotatable bonds is 7. The first-order valence-corrected chi connectivity index (χ1v) is 7.49. The molecule has 0 atom stereocenters. The number of hydrogen-bond acceptors (Lipinski definition) is 3. The molecular formula is C18H22N2O3. The molecule has 2 rings (SSSR count). The van der Waals surface area contributed by atoms with E-state index in [4.69, 9.17) is 9.47 Å². The van der Waals surface area contributed by atoms with Crippen LogP contribution in [0, 0.1) is 0 Å². The Kier molecular flexibility index (Phi) is 6.29. The summed E-state index contributed by atoms with van der Waals surface area (Å²) in [6.45, 7) is 1.40. The number of ether oxygens (including phenoxy) is 2. The first kappa shape index (κ1) is 16.7. The minimum absolute atomic E-state index is 0.135. The molecule has 122 valence electrons. The second-order valence-corrected chi connectivity index (χ2v) is 5.10. The molecule has 0 saturated heterocycles. The summed E-state index contributed by atoms with van der Waals surface area (Å²) >= 11 is 0. The van der Waals surface area contributed by atoms with E-state index < -0.39 is 0 Å². The first-order valence-electron chi connectivity index (χ1n) is 7.49. The van der Waals surface area contributed by atoms with Crippen LogP contribution in [0.1, 0.15) is 5.56 Å². The number of benzene rings is 2. The number of hydrogen-bond donors (Lipinski definition) is 1. The van der Waals surface area contributed by atoms with Gasteiger partial charge in [0.15, 0.2) is 0 Å². The standard InChI is InChI=1S/C18H22N2O3/c1-20(14-15-7-6-10-17(13-15)22-2)18(21)19-11-12-23-16-8-4-3-5-9-16/h3-10,13H,11-12,14H2,1-2H3,(H,19,21). The van der Waals surface area contributed by atoms with Gasteiger partial charge in [-0.3, -0.25) is 0 Å². The maximum atomic E-state index is 12.0. The van der Waals surface area contributed by atoms with Crippen LogP contribution in [0.5, 0.6) is 11.5 Å². The van der Waals surface area contributed by atoms with E-state index in [9.17, 15) is 4.79 Å². The molecule has 0 radical (unpaired) electrons. The first-order chi connectivity index (χ1) is 11.2. The summed E-state index contributed by atoms with van der Waals surface area (Å²) in [6.07, 6.45) is 0. The third-order valence-electron chi connectivity index (χ3n) is 3.29. The third-order valence-corrected chi connectivity index (χ3v) is 3.29. The van der Waals surface area contributed by atoms with Crippen molar-refractivity contribution in [1.82, 2.24) is 10.2 Å². The molecule has 1 N–H and O–H groups in total. The van der Waals surface area contributed by atoms with Crippen LogP contribution in [0.15, 0.2) is 54.6 Å². The van der Waals surface area contributed by atoms with Crippen molar-refractivity contribution in [3.63, 3.8) is 0 Å².